The van der Waals surface area contributed by atoms with Gasteiger partial charge in [0, 0.05) is 24.0 Å². The minimum Gasteiger partial charge on any atom is -0.437 e. The van der Waals surface area contributed by atoms with Crippen LogP contribution in [0.25, 0.3) is 5.65 Å². The van der Waals surface area contributed by atoms with Crippen molar-refractivity contribution in [2.45, 2.75) is 6.92 Å². The molecule has 1 amide bonds. The molecule has 3 heterocycles. The topological polar surface area (TPSA) is 106 Å². The molecule has 0 radical (unpaired) electrons. The molecule has 3 aromatic heterocycles. The van der Waals surface area contributed by atoms with E-state index in [4.69, 9.17) is 16.3 Å². The molecule has 0 fully saturated rings. The van der Waals surface area contributed by atoms with Gasteiger partial charge in [0.15, 0.2) is 5.65 Å². The summed E-state index contributed by atoms with van der Waals surface area (Å²) in [7, 11) is 0. The fourth-order valence-electron chi connectivity index (χ4n) is 2.64. The van der Waals surface area contributed by atoms with Crippen molar-refractivity contribution < 1.29 is 9.53 Å². The third-order valence-electron chi connectivity index (χ3n) is 3.93. The molecule has 0 aliphatic rings. The van der Waals surface area contributed by atoms with Crippen LogP contribution in [0.1, 0.15) is 5.69 Å². The molecule has 0 saturated carbocycles. The smallest absolute Gasteiger partial charge is 0.247 e. The average molecular weight is 422 g/mol. The number of amides is 1. The Morgan fingerprint density at radius 2 is 2.13 bits per heavy atom. The number of nitrogens with zero attached hydrogens (tertiary/aromatic N) is 5. The number of benzene rings is 1. The first-order chi connectivity index (χ1) is 14.5. The van der Waals surface area contributed by atoms with E-state index in [1.165, 1.54) is 12.3 Å². The molecule has 2 N–H and O–H groups in total. The summed E-state index contributed by atoms with van der Waals surface area (Å²) in [6.45, 7) is 5.31. The van der Waals surface area contributed by atoms with Crippen molar-refractivity contribution in [3.8, 4) is 11.6 Å². The molecule has 150 valence electrons. The van der Waals surface area contributed by atoms with Crippen molar-refractivity contribution in [1.29, 1.82) is 0 Å². The average Bonchev–Trinajstić information content (AvgIpc) is 3.12. The third kappa shape index (κ3) is 4.20. The first-order valence-electron chi connectivity index (χ1n) is 8.84. The number of carbonyl (C=O) groups excluding carboxylic acids is 1. The van der Waals surface area contributed by atoms with Crippen LogP contribution in [0.5, 0.6) is 11.6 Å². The van der Waals surface area contributed by atoms with Gasteiger partial charge in [0.25, 0.3) is 0 Å². The maximum Gasteiger partial charge on any atom is 0.247 e. The molecule has 0 aliphatic carbocycles. The summed E-state index contributed by atoms with van der Waals surface area (Å²) in [6.07, 6.45) is 4.28. The van der Waals surface area contributed by atoms with Crippen molar-refractivity contribution in [3.05, 3.63) is 72.2 Å². The lowest BCUT2D eigenvalue weighted by atomic mass is 10.3. The number of carbonyl (C=O) groups is 1. The lowest BCUT2D eigenvalue weighted by molar-refractivity contribution is -0.111. The highest BCUT2D eigenvalue weighted by molar-refractivity contribution is 6.31. The van der Waals surface area contributed by atoms with Crippen molar-refractivity contribution in [2.24, 2.45) is 0 Å². The number of fused-ring (bicyclic) bond motifs is 1. The molecule has 1 aromatic carbocycles. The van der Waals surface area contributed by atoms with Crippen LogP contribution in [-0.2, 0) is 4.79 Å². The van der Waals surface area contributed by atoms with Crippen LogP contribution in [0.15, 0.2) is 61.4 Å². The number of nitrogens with one attached hydrogen (secondary N) is 2. The minimum atomic E-state index is -0.323. The first kappa shape index (κ1) is 19.3. The maximum absolute atomic E-state index is 11.5. The zero-order valence-electron chi connectivity index (χ0n) is 15.8. The Morgan fingerprint density at radius 3 is 2.97 bits per heavy atom. The summed E-state index contributed by atoms with van der Waals surface area (Å²) in [4.78, 5) is 24.3. The van der Waals surface area contributed by atoms with Gasteiger partial charge in [-0.05, 0) is 31.2 Å². The molecule has 10 heteroatoms. The molecule has 0 aliphatic heterocycles. The van der Waals surface area contributed by atoms with Gasteiger partial charge in [0.2, 0.25) is 17.7 Å². The van der Waals surface area contributed by atoms with E-state index in [0.29, 0.717) is 22.9 Å². The van der Waals surface area contributed by atoms with Gasteiger partial charge in [-0.15, -0.1) is 0 Å². The van der Waals surface area contributed by atoms with Crippen LogP contribution < -0.4 is 15.4 Å². The highest BCUT2D eigenvalue weighted by atomic mass is 35.5. The van der Waals surface area contributed by atoms with Crippen molar-refractivity contribution >= 4 is 40.6 Å². The molecular formula is C20H16ClN7O2. The van der Waals surface area contributed by atoms with E-state index in [-0.39, 0.29) is 22.8 Å². The summed E-state index contributed by atoms with van der Waals surface area (Å²) in [5, 5.41) is 10.4. The molecule has 4 rings (SSSR count). The van der Waals surface area contributed by atoms with Crippen LogP contribution in [-0.4, -0.2) is 30.5 Å². The highest BCUT2D eigenvalue weighted by Crippen LogP contribution is 2.29. The number of halogens is 1. The molecule has 0 atom stereocenters. The number of aromatic nitrogens is 5. The maximum atomic E-state index is 11.5. The number of ether oxygens (including phenoxy) is 1. The van der Waals surface area contributed by atoms with Gasteiger partial charge in [-0.3, -0.25) is 4.79 Å². The summed E-state index contributed by atoms with van der Waals surface area (Å²) in [5.74, 6) is 1.18. The number of rotatable bonds is 6. The SMILES string of the molecule is C=CC(=O)Nc1cccc(Oc2nc(Nc3ccnc4cc(C)nn34)ncc2Cl)c1. The second-order valence-corrected chi connectivity index (χ2v) is 6.59. The van der Waals surface area contributed by atoms with E-state index in [2.05, 4.69) is 37.3 Å². The van der Waals surface area contributed by atoms with Crippen LogP contribution in [0.3, 0.4) is 0 Å². The molecule has 9 nitrogen and oxygen atoms in total. The fraction of sp³-hybridized carbons (Fsp3) is 0.0500. The van der Waals surface area contributed by atoms with Gasteiger partial charge in [0.05, 0.1) is 11.9 Å². The number of hydrogen-bond acceptors (Lipinski definition) is 7. The largest absolute Gasteiger partial charge is 0.437 e. The van der Waals surface area contributed by atoms with Gasteiger partial charge in [-0.2, -0.15) is 14.6 Å². The van der Waals surface area contributed by atoms with Crippen LogP contribution in [0.4, 0.5) is 17.5 Å². The second kappa shape index (κ2) is 8.18. The normalized spacial score (nSPS) is 10.6. The molecule has 0 bridgehead atoms. The van der Waals surface area contributed by atoms with Crippen LogP contribution >= 0.6 is 11.6 Å². The number of anilines is 3. The molecule has 0 saturated heterocycles. The van der Waals surface area contributed by atoms with E-state index < -0.39 is 0 Å². The fourth-order valence-corrected chi connectivity index (χ4v) is 2.77. The molecular weight excluding hydrogens is 406 g/mol. The first-order valence-corrected chi connectivity index (χ1v) is 9.22. The quantitative estimate of drug-likeness (QED) is 0.450. The van der Waals surface area contributed by atoms with Crippen LogP contribution in [0, 0.1) is 6.92 Å². The van der Waals surface area contributed by atoms with Gasteiger partial charge in [0.1, 0.15) is 16.6 Å². The van der Waals surface area contributed by atoms with Gasteiger partial charge < -0.3 is 15.4 Å². The zero-order valence-corrected chi connectivity index (χ0v) is 16.6. The number of aryl methyl sites for hydroxylation is 1. The Morgan fingerprint density at radius 1 is 1.27 bits per heavy atom. The Balaban J connectivity index is 1.58. The van der Waals surface area contributed by atoms with Gasteiger partial charge >= 0.3 is 0 Å². The van der Waals surface area contributed by atoms with E-state index in [1.54, 1.807) is 41.0 Å². The standard InChI is InChI=1S/C20H16ClN7O2/c1-3-18(29)24-13-5-4-6-14(10-13)30-19-15(21)11-23-20(26-19)25-16-7-8-22-17-9-12(2)27-28(16)17/h3-11H,1H2,2H3,(H,24,29)(H,23,25,26). The highest BCUT2D eigenvalue weighted by Gasteiger charge is 2.11. The molecule has 30 heavy (non-hydrogen) atoms. The predicted octanol–water partition coefficient (Wildman–Crippen LogP) is 4.14. The summed E-state index contributed by atoms with van der Waals surface area (Å²) in [5.41, 5.74) is 2.08. The zero-order chi connectivity index (χ0) is 21.1. The van der Waals surface area contributed by atoms with Gasteiger partial charge in [-0.1, -0.05) is 24.2 Å². The summed E-state index contributed by atoms with van der Waals surface area (Å²) < 4.78 is 7.45. The Labute approximate surface area is 176 Å². The monoisotopic (exact) mass is 421 g/mol. The molecule has 4 aromatic rings. The van der Waals surface area contributed by atoms with Crippen LogP contribution in [0.2, 0.25) is 5.02 Å². The third-order valence-corrected chi connectivity index (χ3v) is 4.19. The van der Waals surface area contributed by atoms with E-state index in [1.807, 2.05) is 13.0 Å². The molecule has 0 spiro atoms. The Bertz CT molecular complexity index is 1260. The van der Waals surface area contributed by atoms with E-state index in [0.717, 1.165) is 5.69 Å². The minimum absolute atomic E-state index is 0.156. The van der Waals surface area contributed by atoms with Gasteiger partial charge in [-0.25, -0.2) is 9.97 Å². The van der Waals surface area contributed by atoms with E-state index in [9.17, 15) is 4.79 Å². The molecule has 0 unspecified atom stereocenters. The van der Waals surface area contributed by atoms with Crippen molar-refractivity contribution in [3.63, 3.8) is 0 Å². The lowest BCUT2D eigenvalue weighted by Crippen LogP contribution is -2.07. The second-order valence-electron chi connectivity index (χ2n) is 6.18. The summed E-state index contributed by atoms with van der Waals surface area (Å²) >= 11 is 6.21. The lowest BCUT2D eigenvalue weighted by Gasteiger charge is -2.11. The summed E-state index contributed by atoms with van der Waals surface area (Å²) in [6, 6.07) is 10.4. The predicted molar refractivity (Wildman–Crippen MR) is 113 cm³/mol. The van der Waals surface area contributed by atoms with E-state index >= 15 is 0 Å². The van der Waals surface area contributed by atoms with Crippen molar-refractivity contribution in [2.75, 3.05) is 10.6 Å². The Hall–Kier alpha value is -3.98. The number of hydrogen-bond donors (Lipinski definition) is 2. The Kier molecular flexibility index (Phi) is 5.27. The van der Waals surface area contributed by atoms with Crippen molar-refractivity contribution in [1.82, 2.24) is 24.6 Å².